The third kappa shape index (κ3) is 5.69. The summed E-state index contributed by atoms with van der Waals surface area (Å²) in [6, 6.07) is 17.5. The lowest BCUT2D eigenvalue weighted by molar-refractivity contribution is -0.133. The summed E-state index contributed by atoms with van der Waals surface area (Å²) in [6.07, 6.45) is 1.03. The van der Waals surface area contributed by atoms with Crippen molar-refractivity contribution in [1.29, 1.82) is 0 Å². The summed E-state index contributed by atoms with van der Waals surface area (Å²) in [5.74, 6) is 1.72. The van der Waals surface area contributed by atoms with E-state index >= 15 is 0 Å². The quantitative estimate of drug-likeness (QED) is 0.476. The summed E-state index contributed by atoms with van der Waals surface area (Å²) in [4.78, 5) is 29.8. The first-order chi connectivity index (χ1) is 18.1. The first kappa shape index (κ1) is 25.8. The van der Waals surface area contributed by atoms with E-state index in [-0.39, 0.29) is 17.4 Å². The molecule has 2 aromatic carbocycles. The predicted octanol–water partition coefficient (Wildman–Crippen LogP) is 5.43. The minimum Gasteiger partial charge on any atom is -0.368 e. The lowest BCUT2D eigenvalue weighted by atomic mass is 9.92. The van der Waals surface area contributed by atoms with E-state index in [0.29, 0.717) is 23.3 Å². The van der Waals surface area contributed by atoms with Gasteiger partial charge in [-0.05, 0) is 55.7 Å². The first-order valence-electron chi connectivity index (χ1n) is 13.5. The van der Waals surface area contributed by atoms with Gasteiger partial charge < -0.3 is 15.1 Å². The second-order valence-electron chi connectivity index (χ2n) is 11.7. The van der Waals surface area contributed by atoms with Crippen LogP contribution in [0, 0.1) is 18.8 Å². The van der Waals surface area contributed by atoms with Gasteiger partial charge in [0.05, 0.1) is 11.4 Å². The normalized spacial score (nSPS) is 19.3. The van der Waals surface area contributed by atoms with E-state index in [1.807, 2.05) is 66.4 Å². The smallest absolute Gasteiger partial charge is 0.324 e. The summed E-state index contributed by atoms with van der Waals surface area (Å²) in [5.41, 5.74) is 4.59. The Hall–Kier alpha value is -3.81. The molecule has 8 heteroatoms. The van der Waals surface area contributed by atoms with Gasteiger partial charge in [-0.25, -0.2) is 9.48 Å². The number of nitrogens with zero attached hydrogens (tertiary/aromatic N) is 4. The van der Waals surface area contributed by atoms with Gasteiger partial charge in [0.25, 0.3) is 0 Å². The maximum atomic E-state index is 12.9. The molecule has 1 saturated heterocycles. The van der Waals surface area contributed by atoms with Gasteiger partial charge in [-0.2, -0.15) is 5.10 Å². The van der Waals surface area contributed by atoms with E-state index in [1.54, 1.807) is 4.68 Å². The Bertz CT molecular complexity index is 1300. The van der Waals surface area contributed by atoms with Crippen LogP contribution in [0.3, 0.4) is 0 Å². The molecular weight excluding hydrogens is 476 g/mol. The highest BCUT2D eigenvalue weighted by molar-refractivity contribution is 5.99. The number of benzene rings is 2. The van der Waals surface area contributed by atoms with Crippen molar-refractivity contribution in [2.45, 2.75) is 46.5 Å². The maximum absolute atomic E-state index is 12.9. The molecule has 0 spiro atoms. The Balaban J connectivity index is 1.21. The number of hydrogen-bond acceptors (Lipinski definition) is 4. The summed E-state index contributed by atoms with van der Waals surface area (Å²) in [7, 11) is 0. The Morgan fingerprint density at radius 2 is 1.50 bits per heavy atom. The SMILES string of the molecule is Cc1ccc(-n2nc(C(C)(C)C)cc2NC(=O)Nc2ccc(N3CCN(C(=O)C4CC4C)CC3)cc2)cc1. The molecule has 0 bridgehead atoms. The summed E-state index contributed by atoms with van der Waals surface area (Å²) in [5, 5.41) is 10.7. The van der Waals surface area contributed by atoms with Crippen LogP contribution in [0.25, 0.3) is 5.69 Å². The van der Waals surface area contributed by atoms with Crippen LogP contribution in [0.15, 0.2) is 54.6 Å². The molecule has 2 heterocycles. The lowest BCUT2D eigenvalue weighted by Crippen LogP contribution is -2.49. The number of rotatable bonds is 5. The molecule has 2 aliphatic rings. The minimum atomic E-state index is -0.326. The average molecular weight is 515 g/mol. The van der Waals surface area contributed by atoms with Gasteiger partial charge >= 0.3 is 6.03 Å². The number of hydrogen-bond donors (Lipinski definition) is 2. The second kappa shape index (κ2) is 10.2. The van der Waals surface area contributed by atoms with Crippen molar-refractivity contribution in [2.24, 2.45) is 11.8 Å². The molecule has 3 aromatic rings. The lowest BCUT2D eigenvalue weighted by Gasteiger charge is -2.36. The highest BCUT2D eigenvalue weighted by Crippen LogP contribution is 2.39. The van der Waals surface area contributed by atoms with Crippen LogP contribution in [-0.2, 0) is 10.2 Å². The van der Waals surface area contributed by atoms with Gasteiger partial charge in [-0.3, -0.25) is 10.1 Å². The molecule has 2 unspecified atom stereocenters. The van der Waals surface area contributed by atoms with E-state index < -0.39 is 0 Å². The fraction of sp³-hybridized carbons (Fsp3) is 0.433. The van der Waals surface area contributed by atoms with Crippen LogP contribution < -0.4 is 15.5 Å². The molecule has 8 nitrogen and oxygen atoms in total. The maximum Gasteiger partial charge on any atom is 0.324 e. The number of aromatic nitrogens is 2. The van der Waals surface area contributed by atoms with Crippen molar-refractivity contribution in [2.75, 3.05) is 41.7 Å². The predicted molar refractivity (Wildman–Crippen MR) is 152 cm³/mol. The zero-order valence-electron chi connectivity index (χ0n) is 23.0. The topological polar surface area (TPSA) is 82.5 Å². The summed E-state index contributed by atoms with van der Waals surface area (Å²) >= 11 is 0. The van der Waals surface area contributed by atoms with Crippen LogP contribution in [0.4, 0.5) is 22.0 Å². The standard InChI is InChI=1S/C30H38N6O2/c1-20-6-10-24(11-7-20)36-27(19-26(33-36)30(3,4)5)32-29(38)31-22-8-12-23(13-9-22)34-14-16-35(17-15-34)28(37)25-18-21(25)2/h6-13,19,21,25H,14-18H2,1-5H3,(H2,31,32,38). The van der Waals surface area contributed by atoms with Crippen LogP contribution in [0.5, 0.6) is 0 Å². The van der Waals surface area contributed by atoms with Gasteiger partial charge in [0, 0.05) is 55.0 Å². The number of carbonyl (C=O) groups is 2. The van der Waals surface area contributed by atoms with Crippen molar-refractivity contribution in [3.8, 4) is 5.69 Å². The third-order valence-corrected chi connectivity index (χ3v) is 7.51. The molecule has 2 atom stereocenters. The van der Waals surface area contributed by atoms with E-state index in [4.69, 9.17) is 5.10 Å². The van der Waals surface area contributed by atoms with Gasteiger partial charge in [0.2, 0.25) is 5.91 Å². The number of anilines is 3. The number of urea groups is 1. The van der Waals surface area contributed by atoms with Gasteiger partial charge in [-0.15, -0.1) is 0 Å². The second-order valence-corrected chi connectivity index (χ2v) is 11.7. The Labute approximate surface area is 225 Å². The summed E-state index contributed by atoms with van der Waals surface area (Å²) in [6.45, 7) is 13.7. The van der Waals surface area contributed by atoms with E-state index in [9.17, 15) is 9.59 Å². The largest absolute Gasteiger partial charge is 0.368 e. The van der Waals surface area contributed by atoms with Gasteiger partial charge in [0.15, 0.2) is 0 Å². The molecule has 1 saturated carbocycles. The molecule has 38 heavy (non-hydrogen) atoms. The zero-order chi connectivity index (χ0) is 27.0. The molecule has 2 fully saturated rings. The van der Waals surface area contributed by atoms with Crippen LogP contribution >= 0.6 is 0 Å². The molecule has 200 valence electrons. The molecule has 3 amide bonds. The molecule has 5 rings (SSSR count). The third-order valence-electron chi connectivity index (χ3n) is 7.51. The zero-order valence-corrected chi connectivity index (χ0v) is 23.0. The van der Waals surface area contributed by atoms with Crippen molar-refractivity contribution in [1.82, 2.24) is 14.7 Å². The average Bonchev–Trinajstić information content (AvgIpc) is 3.47. The van der Waals surface area contributed by atoms with Crippen LogP contribution in [0.2, 0.25) is 0 Å². The minimum absolute atomic E-state index is 0.159. The fourth-order valence-electron chi connectivity index (χ4n) is 4.84. The van der Waals surface area contributed by atoms with Gasteiger partial charge in [0.1, 0.15) is 5.82 Å². The van der Waals surface area contributed by atoms with E-state index in [2.05, 4.69) is 43.2 Å². The molecule has 0 radical (unpaired) electrons. The number of nitrogens with one attached hydrogen (secondary N) is 2. The Kier molecular flexibility index (Phi) is 6.90. The van der Waals surface area contributed by atoms with Crippen LogP contribution in [-0.4, -0.2) is 52.8 Å². The Morgan fingerprint density at radius 1 is 0.895 bits per heavy atom. The number of aryl methyl sites for hydroxylation is 1. The van der Waals surface area contributed by atoms with E-state index in [0.717, 1.165) is 55.2 Å². The highest BCUT2D eigenvalue weighted by atomic mass is 16.2. The number of piperazine rings is 1. The fourth-order valence-corrected chi connectivity index (χ4v) is 4.84. The van der Waals surface area contributed by atoms with E-state index in [1.165, 1.54) is 0 Å². The molecule has 1 aliphatic carbocycles. The van der Waals surface area contributed by atoms with Gasteiger partial charge in [-0.1, -0.05) is 45.4 Å². The van der Waals surface area contributed by atoms with Crippen molar-refractivity contribution >= 4 is 29.1 Å². The van der Waals surface area contributed by atoms with Crippen LogP contribution in [0.1, 0.15) is 45.4 Å². The molecular formula is C30H38N6O2. The highest BCUT2D eigenvalue weighted by Gasteiger charge is 2.42. The Morgan fingerprint density at radius 3 is 2.08 bits per heavy atom. The monoisotopic (exact) mass is 514 g/mol. The molecule has 2 N–H and O–H groups in total. The van der Waals surface area contributed by atoms with Crippen molar-refractivity contribution < 1.29 is 9.59 Å². The first-order valence-corrected chi connectivity index (χ1v) is 13.5. The van der Waals surface area contributed by atoms with Crippen molar-refractivity contribution in [3.05, 3.63) is 65.9 Å². The molecule has 1 aliphatic heterocycles. The molecule has 1 aromatic heterocycles. The van der Waals surface area contributed by atoms with Crippen molar-refractivity contribution in [3.63, 3.8) is 0 Å². The number of carbonyl (C=O) groups excluding carboxylic acids is 2. The number of amides is 3. The summed E-state index contributed by atoms with van der Waals surface area (Å²) < 4.78 is 1.77.